The van der Waals surface area contributed by atoms with E-state index in [0.717, 1.165) is 18.8 Å². The van der Waals surface area contributed by atoms with Gasteiger partial charge in [0.15, 0.2) is 0 Å². The molecule has 3 heteroatoms. The van der Waals surface area contributed by atoms with Gasteiger partial charge in [0.2, 0.25) is 0 Å². The maximum atomic E-state index is 8.72. The lowest BCUT2D eigenvalue weighted by Crippen LogP contribution is -2.35. The smallest absolute Gasteiger partial charge is 0.117 e. The van der Waals surface area contributed by atoms with Gasteiger partial charge in [-0.25, -0.2) is 0 Å². The third-order valence-electron chi connectivity index (χ3n) is 3.15. The zero-order valence-corrected chi connectivity index (χ0v) is 10.0. The minimum Gasteiger partial charge on any atom is -0.468 e. The summed E-state index contributed by atoms with van der Waals surface area (Å²) < 4.78 is 5.39. The Labute approximate surface area is 102 Å². The van der Waals surface area contributed by atoms with Crippen molar-refractivity contribution in [1.29, 1.82) is 5.26 Å². The summed E-state index contributed by atoms with van der Waals surface area (Å²) in [6, 6.07) is 6.58. The Morgan fingerprint density at radius 1 is 1.53 bits per heavy atom. The quantitative estimate of drug-likeness (QED) is 0.730. The predicted octanol–water partition coefficient (Wildman–Crippen LogP) is 3.10. The van der Waals surface area contributed by atoms with Crippen LogP contribution >= 0.6 is 0 Å². The molecule has 1 aliphatic rings. The van der Waals surface area contributed by atoms with Gasteiger partial charge in [0.25, 0.3) is 0 Å². The van der Waals surface area contributed by atoms with Gasteiger partial charge in [-0.05, 0) is 31.4 Å². The lowest BCUT2D eigenvalue weighted by molar-refractivity contribution is 0.194. The van der Waals surface area contributed by atoms with Crippen molar-refractivity contribution in [2.24, 2.45) is 0 Å². The first-order valence-electron chi connectivity index (χ1n) is 6.20. The molecule has 0 aromatic carbocycles. The van der Waals surface area contributed by atoms with E-state index < -0.39 is 0 Å². The largest absolute Gasteiger partial charge is 0.468 e. The molecule has 17 heavy (non-hydrogen) atoms. The van der Waals surface area contributed by atoms with E-state index in [-0.39, 0.29) is 0 Å². The van der Waals surface area contributed by atoms with Crippen molar-refractivity contribution in [3.8, 4) is 6.07 Å². The average Bonchev–Trinajstić information content (AvgIpc) is 2.88. The Bertz CT molecular complexity index is 389. The van der Waals surface area contributed by atoms with Crippen LogP contribution in [-0.2, 0) is 6.54 Å². The number of hydrogen-bond acceptors (Lipinski definition) is 3. The zero-order chi connectivity index (χ0) is 11.9. The Hall–Kier alpha value is -1.53. The molecule has 1 aliphatic carbocycles. The summed E-state index contributed by atoms with van der Waals surface area (Å²) in [4.78, 5) is 2.33. The normalized spacial score (nSPS) is 19.4. The van der Waals surface area contributed by atoms with Crippen molar-refractivity contribution in [2.75, 3.05) is 6.54 Å². The van der Waals surface area contributed by atoms with Crippen molar-refractivity contribution < 1.29 is 4.42 Å². The lowest BCUT2D eigenvalue weighted by Gasteiger charge is -2.30. The van der Waals surface area contributed by atoms with Crippen molar-refractivity contribution in [3.05, 3.63) is 36.3 Å². The molecule has 0 N–H and O–H groups in total. The first-order chi connectivity index (χ1) is 8.40. The van der Waals surface area contributed by atoms with E-state index in [4.69, 9.17) is 9.68 Å². The van der Waals surface area contributed by atoms with Gasteiger partial charge in [0.1, 0.15) is 5.76 Å². The second-order valence-corrected chi connectivity index (χ2v) is 4.38. The van der Waals surface area contributed by atoms with Gasteiger partial charge in [-0.2, -0.15) is 5.26 Å². The van der Waals surface area contributed by atoms with Crippen molar-refractivity contribution in [1.82, 2.24) is 4.90 Å². The van der Waals surface area contributed by atoms with Crippen LogP contribution in [0.3, 0.4) is 0 Å². The van der Waals surface area contributed by atoms with Crippen LogP contribution in [0.5, 0.6) is 0 Å². The van der Waals surface area contributed by atoms with E-state index in [1.165, 1.54) is 19.3 Å². The topological polar surface area (TPSA) is 40.2 Å². The number of nitrogens with zero attached hydrogens (tertiary/aromatic N) is 2. The molecule has 0 amide bonds. The second kappa shape index (κ2) is 6.27. The highest BCUT2D eigenvalue weighted by molar-refractivity contribution is 5.03. The summed E-state index contributed by atoms with van der Waals surface area (Å²) in [5, 5.41) is 8.72. The molecule has 0 saturated heterocycles. The van der Waals surface area contributed by atoms with E-state index in [0.29, 0.717) is 12.5 Å². The highest BCUT2D eigenvalue weighted by Gasteiger charge is 2.18. The fourth-order valence-corrected chi connectivity index (χ4v) is 2.26. The molecule has 1 aromatic rings. The van der Waals surface area contributed by atoms with Gasteiger partial charge < -0.3 is 4.42 Å². The molecule has 0 radical (unpaired) electrons. The van der Waals surface area contributed by atoms with Crippen LogP contribution in [0.4, 0.5) is 0 Å². The molecular formula is C14H18N2O. The molecule has 2 rings (SSSR count). The number of furan rings is 1. The summed E-state index contributed by atoms with van der Waals surface area (Å²) in [6.45, 7) is 1.61. The monoisotopic (exact) mass is 230 g/mol. The van der Waals surface area contributed by atoms with Gasteiger partial charge in [0.05, 0.1) is 18.9 Å². The fourth-order valence-electron chi connectivity index (χ4n) is 2.26. The van der Waals surface area contributed by atoms with Crippen LogP contribution in [0.2, 0.25) is 0 Å². The van der Waals surface area contributed by atoms with Crippen LogP contribution in [0.15, 0.2) is 35.0 Å². The number of nitriles is 1. The van der Waals surface area contributed by atoms with Crippen LogP contribution < -0.4 is 0 Å². The van der Waals surface area contributed by atoms with E-state index in [1.54, 1.807) is 6.26 Å². The van der Waals surface area contributed by atoms with Gasteiger partial charge >= 0.3 is 0 Å². The molecule has 0 fully saturated rings. The fraction of sp³-hybridized carbons (Fsp3) is 0.500. The molecule has 1 heterocycles. The molecule has 0 unspecified atom stereocenters. The van der Waals surface area contributed by atoms with Crippen molar-refractivity contribution >= 4 is 0 Å². The highest BCUT2D eigenvalue weighted by Crippen LogP contribution is 2.19. The van der Waals surface area contributed by atoms with Crippen molar-refractivity contribution in [3.63, 3.8) is 0 Å². The molecule has 0 spiro atoms. The second-order valence-electron chi connectivity index (χ2n) is 4.38. The maximum absolute atomic E-state index is 8.72. The Kier molecular flexibility index (Phi) is 4.40. The molecule has 90 valence electrons. The Balaban J connectivity index is 1.99. The van der Waals surface area contributed by atoms with E-state index >= 15 is 0 Å². The molecule has 1 aromatic heterocycles. The van der Waals surface area contributed by atoms with Crippen LogP contribution in [0.25, 0.3) is 0 Å². The first-order valence-corrected chi connectivity index (χ1v) is 6.20. The highest BCUT2D eigenvalue weighted by atomic mass is 16.3. The van der Waals surface area contributed by atoms with E-state index in [9.17, 15) is 0 Å². The minimum atomic E-state index is 0.460. The van der Waals surface area contributed by atoms with E-state index in [1.807, 2.05) is 12.1 Å². The third kappa shape index (κ3) is 3.47. The van der Waals surface area contributed by atoms with Gasteiger partial charge in [-0.1, -0.05) is 12.2 Å². The lowest BCUT2D eigenvalue weighted by atomic mass is 10.0. The van der Waals surface area contributed by atoms with E-state index in [2.05, 4.69) is 23.1 Å². The van der Waals surface area contributed by atoms with Gasteiger partial charge in [-0.3, -0.25) is 4.90 Å². The summed E-state index contributed by atoms with van der Waals surface area (Å²) in [5.74, 6) is 0.974. The molecule has 1 atom stereocenters. The van der Waals surface area contributed by atoms with Gasteiger partial charge in [0, 0.05) is 19.0 Å². The summed E-state index contributed by atoms with van der Waals surface area (Å²) >= 11 is 0. The number of allylic oxidation sites excluding steroid dienone is 1. The summed E-state index contributed by atoms with van der Waals surface area (Å²) in [6.07, 6.45) is 10.4. The molecule has 0 bridgehead atoms. The Morgan fingerprint density at radius 2 is 2.47 bits per heavy atom. The van der Waals surface area contributed by atoms with Gasteiger partial charge in [-0.15, -0.1) is 0 Å². The average molecular weight is 230 g/mol. The molecule has 0 aliphatic heterocycles. The third-order valence-corrected chi connectivity index (χ3v) is 3.15. The SMILES string of the molecule is N#CCCN(Cc1ccco1)[C@@H]1C=CCCC1. The molecule has 0 saturated carbocycles. The molecule has 3 nitrogen and oxygen atoms in total. The molecular weight excluding hydrogens is 212 g/mol. The van der Waals surface area contributed by atoms with Crippen LogP contribution in [0.1, 0.15) is 31.4 Å². The summed E-state index contributed by atoms with van der Waals surface area (Å²) in [5.41, 5.74) is 0. The predicted molar refractivity (Wildman–Crippen MR) is 66.1 cm³/mol. The first kappa shape index (κ1) is 11.9. The number of rotatable bonds is 5. The van der Waals surface area contributed by atoms with Crippen LogP contribution in [-0.4, -0.2) is 17.5 Å². The zero-order valence-electron chi connectivity index (χ0n) is 10.0. The van der Waals surface area contributed by atoms with Crippen molar-refractivity contribution in [2.45, 2.75) is 38.3 Å². The standard InChI is InChI=1S/C14H18N2O/c15-9-5-10-16(12-14-8-4-11-17-14)13-6-2-1-3-7-13/h2,4,6,8,11,13H,1,3,5,7,10,12H2/t13-/m1/s1. The Morgan fingerprint density at radius 3 is 3.12 bits per heavy atom. The maximum Gasteiger partial charge on any atom is 0.117 e. The van der Waals surface area contributed by atoms with Crippen LogP contribution in [0, 0.1) is 11.3 Å². The summed E-state index contributed by atoms with van der Waals surface area (Å²) in [7, 11) is 0. The number of hydrogen-bond donors (Lipinski definition) is 0. The minimum absolute atomic E-state index is 0.460.